The van der Waals surface area contributed by atoms with E-state index in [0.717, 1.165) is 0 Å². The van der Waals surface area contributed by atoms with E-state index in [-0.39, 0.29) is 11.3 Å². The number of carbonyl (C=O) groups excluding carboxylic acids is 1. The van der Waals surface area contributed by atoms with Crippen molar-refractivity contribution in [1.29, 1.82) is 0 Å². The Morgan fingerprint density at radius 3 is 2.37 bits per heavy atom. The molecule has 0 saturated heterocycles. The maximum Gasteiger partial charge on any atom is 0.339 e. The molecule has 106 valence electrons. The zero-order chi connectivity index (χ0) is 14.4. The number of rotatable bonds is 6. The zero-order valence-corrected chi connectivity index (χ0v) is 11.4. The van der Waals surface area contributed by atoms with Gasteiger partial charge in [0, 0.05) is 5.56 Å². The van der Waals surface area contributed by atoms with Crippen LogP contribution in [0.2, 0.25) is 0 Å². The van der Waals surface area contributed by atoms with Crippen molar-refractivity contribution < 1.29 is 28.8 Å². The summed E-state index contributed by atoms with van der Waals surface area (Å²) in [6.07, 6.45) is -1.44. The highest BCUT2D eigenvalue weighted by Gasteiger charge is 2.26. The molecule has 0 fully saturated rings. The summed E-state index contributed by atoms with van der Waals surface area (Å²) < 4.78 is 20.3. The second-order valence-electron chi connectivity index (χ2n) is 3.58. The number of methoxy groups -OCH3 is 3. The van der Waals surface area contributed by atoms with Gasteiger partial charge in [0.1, 0.15) is 0 Å². The molecule has 0 heterocycles. The zero-order valence-electron chi connectivity index (χ0n) is 11.4. The maximum atomic E-state index is 11.4. The summed E-state index contributed by atoms with van der Waals surface area (Å²) in [4.78, 5) is 11.4. The van der Waals surface area contributed by atoms with Gasteiger partial charge in [-0.3, -0.25) is 0 Å². The summed E-state index contributed by atoms with van der Waals surface area (Å²) in [6, 6.07) is 3.12. The molecule has 1 rings (SSSR count). The van der Waals surface area contributed by atoms with E-state index in [2.05, 4.69) is 4.74 Å². The fraction of sp³-hybridized carbons (Fsp3) is 0.462. The quantitative estimate of drug-likeness (QED) is 0.786. The molecule has 1 aromatic rings. The molecule has 19 heavy (non-hydrogen) atoms. The number of hydrogen-bond acceptors (Lipinski definition) is 6. The van der Waals surface area contributed by atoms with Gasteiger partial charge in [-0.2, -0.15) is 0 Å². The first kappa shape index (κ1) is 15.1. The summed E-state index contributed by atoms with van der Waals surface area (Å²) in [6.45, 7) is 2.14. The van der Waals surface area contributed by atoms with Crippen molar-refractivity contribution in [1.82, 2.24) is 0 Å². The number of aliphatic hydroxyl groups excluding tert-OH is 1. The lowest BCUT2D eigenvalue weighted by molar-refractivity contribution is -0.150. The minimum Gasteiger partial charge on any atom is -0.493 e. The van der Waals surface area contributed by atoms with Gasteiger partial charge in [-0.25, -0.2) is 4.79 Å². The smallest absolute Gasteiger partial charge is 0.339 e. The summed E-state index contributed by atoms with van der Waals surface area (Å²) in [5, 5.41) is 9.93. The fourth-order valence-electron chi connectivity index (χ4n) is 1.66. The third kappa shape index (κ3) is 3.08. The summed E-state index contributed by atoms with van der Waals surface area (Å²) in [5.74, 6) is 0.270. The van der Waals surface area contributed by atoms with Gasteiger partial charge >= 0.3 is 5.97 Å². The molecule has 1 aromatic carbocycles. The molecule has 0 amide bonds. The van der Waals surface area contributed by atoms with E-state index in [1.807, 2.05) is 0 Å². The van der Waals surface area contributed by atoms with E-state index in [9.17, 15) is 9.90 Å². The fourth-order valence-corrected chi connectivity index (χ4v) is 1.66. The lowest BCUT2D eigenvalue weighted by Gasteiger charge is -2.18. The Morgan fingerprint density at radius 2 is 1.89 bits per heavy atom. The van der Waals surface area contributed by atoms with Crippen LogP contribution in [0.3, 0.4) is 0 Å². The molecule has 0 aliphatic heterocycles. The minimum atomic E-state index is -1.44. The van der Waals surface area contributed by atoms with Gasteiger partial charge in [-0.05, 0) is 19.1 Å². The molecule has 1 atom stereocenters. The number of esters is 1. The van der Waals surface area contributed by atoms with Gasteiger partial charge in [0.15, 0.2) is 17.6 Å². The Labute approximate surface area is 111 Å². The van der Waals surface area contributed by atoms with Crippen molar-refractivity contribution in [3.05, 3.63) is 17.7 Å². The number of benzene rings is 1. The second kappa shape index (κ2) is 6.84. The molecule has 0 bridgehead atoms. The largest absolute Gasteiger partial charge is 0.493 e. The van der Waals surface area contributed by atoms with Crippen LogP contribution < -0.4 is 14.2 Å². The molecule has 6 heteroatoms. The number of carbonyl (C=O) groups is 1. The van der Waals surface area contributed by atoms with Crippen LogP contribution in [0.25, 0.3) is 0 Å². The first-order chi connectivity index (χ1) is 9.10. The van der Waals surface area contributed by atoms with Crippen LogP contribution in [-0.2, 0) is 9.53 Å². The molecule has 0 spiro atoms. The molecule has 0 aromatic heterocycles. The van der Waals surface area contributed by atoms with Crippen molar-refractivity contribution in [2.75, 3.05) is 27.9 Å². The predicted octanol–water partition coefficient (Wildman–Crippen LogP) is 1.31. The van der Waals surface area contributed by atoms with Gasteiger partial charge in [-0.1, -0.05) is 0 Å². The van der Waals surface area contributed by atoms with E-state index in [4.69, 9.17) is 14.2 Å². The average molecular weight is 270 g/mol. The van der Waals surface area contributed by atoms with Crippen LogP contribution in [0.4, 0.5) is 0 Å². The van der Waals surface area contributed by atoms with Gasteiger partial charge in [0.25, 0.3) is 0 Å². The Balaban J connectivity index is 3.34. The highest BCUT2D eigenvalue weighted by Crippen LogP contribution is 2.42. The van der Waals surface area contributed by atoms with Crippen molar-refractivity contribution in [2.45, 2.75) is 13.0 Å². The normalized spacial score (nSPS) is 11.6. The summed E-state index contributed by atoms with van der Waals surface area (Å²) >= 11 is 0. The van der Waals surface area contributed by atoms with Gasteiger partial charge < -0.3 is 24.1 Å². The number of ether oxygens (including phenoxy) is 4. The Kier molecular flexibility index (Phi) is 5.44. The third-order valence-corrected chi connectivity index (χ3v) is 2.54. The molecular formula is C13H18O6. The lowest BCUT2D eigenvalue weighted by Crippen LogP contribution is -2.15. The highest BCUT2D eigenvalue weighted by atomic mass is 16.5. The third-order valence-electron chi connectivity index (χ3n) is 2.54. The SMILES string of the molecule is CCOc1c(C(O)C(=O)OC)ccc(OC)c1OC. The van der Waals surface area contributed by atoms with Crippen molar-refractivity contribution in [2.24, 2.45) is 0 Å². The summed E-state index contributed by atoms with van der Waals surface area (Å²) in [5.41, 5.74) is 0.270. The van der Waals surface area contributed by atoms with Crippen LogP contribution in [0.15, 0.2) is 12.1 Å². The van der Waals surface area contributed by atoms with Gasteiger partial charge in [0.05, 0.1) is 27.9 Å². The van der Waals surface area contributed by atoms with Crippen LogP contribution in [-0.4, -0.2) is 39.0 Å². The Morgan fingerprint density at radius 1 is 1.21 bits per heavy atom. The maximum absolute atomic E-state index is 11.4. The summed E-state index contributed by atoms with van der Waals surface area (Å²) in [7, 11) is 4.14. The first-order valence-corrected chi connectivity index (χ1v) is 5.74. The van der Waals surface area contributed by atoms with Gasteiger partial charge in [0.2, 0.25) is 5.75 Å². The molecular weight excluding hydrogens is 252 g/mol. The lowest BCUT2D eigenvalue weighted by atomic mass is 10.1. The van der Waals surface area contributed by atoms with Crippen LogP contribution >= 0.6 is 0 Å². The van der Waals surface area contributed by atoms with Crippen LogP contribution in [0.1, 0.15) is 18.6 Å². The molecule has 1 unspecified atom stereocenters. The predicted molar refractivity (Wildman–Crippen MR) is 67.7 cm³/mol. The van der Waals surface area contributed by atoms with Gasteiger partial charge in [-0.15, -0.1) is 0 Å². The molecule has 0 radical (unpaired) electrons. The van der Waals surface area contributed by atoms with E-state index >= 15 is 0 Å². The second-order valence-corrected chi connectivity index (χ2v) is 3.58. The Bertz CT molecular complexity index is 443. The van der Waals surface area contributed by atoms with Crippen LogP contribution in [0.5, 0.6) is 17.2 Å². The molecule has 1 N–H and O–H groups in total. The Hall–Kier alpha value is -1.95. The molecule has 0 aliphatic rings. The average Bonchev–Trinajstić information content (AvgIpc) is 2.45. The molecule has 0 aliphatic carbocycles. The van der Waals surface area contributed by atoms with E-state index in [1.165, 1.54) is 27.4 Å². The monoisotopic (exact) mass is 270 g/mol. The van der Waals surface area contributed by atoms with E-state index < -0.39 is 12.1 Å². The number of hydrogen-bond donors (Lipinski definition) is 1. The van der Waals surface area contributed by atoms with E-state index in [1.54, 1.807) is 13.0 Å². The van der Waals surface area contributed by atoms with E-state index in [0.29, 0.717) is 18.1 Å². The van der Waals surface area contributed by atoms with Crippen molar-refractivity contribution >= 4 is 5.97 Å². The first-order valence-electron chi connectivity index (χ1n) is 5.74. The highest BCUT2D eigenvalue weighted by molar-refractivity contribution is 5.78. The minimum absolute atomic E-state index is 0.266. The molecule has 0 saturated carbocycles. The van der Waals surface area contributed by atoms with Crippen molar-refractivity contribution in [3.63, 3.8) is 0 Å². The van der Waals surface area contributed by atoms with Crippen LogP contribution in [0, 0.1) is 0 Å². The van der Waals surface area contributed by atoms with Crippen molar-refractivity contribution in [3.8, 4) is 17.2 Å². The number of aliphatic hydroxyl groups is 1. The topological polar surface area (TPSA) is 74.2 Å². The molecule has 6 nitrogen and oxygen atoms in total. The standard InChI is InChI=1S/C13H18O6/c1-5-19-11-8(10(14)13(15)18-4)6-7-9(16-2)12(11)17-3/h6-7,10,14H,5H2,1-4H3.